The summed E-state index contributed by atoms with van der Waals surface area (Å²) >= 11 is 0. The molecule has 2 rings (SSSR count). The Morgan fingerprint density at radius 3 is 3.05 bits per heavy atom. The van der Waals surface area contributed by atoms with Crippen molar-refractivity contribution in [3.8, 4) is 0 Å². The van der Waals surface area contributed by atoms with E-state index in [1.165, 1.54) is 18.2 Å². The molecule has 1 amide bonds. The summed E-state index contributed by atoms with van der Waals surface area (Å²) in [5.41, 5.74) is 6.38. The first kappa shape index (κ1) is 15.7. The standard InChI is InChI=1S/C15H22FN3O2/c1-10(19-6-5-11(8-19)9-21-2)15(20)18-14-4-3-12(16)7-13(14)17/h3-4,7,10-11H,5-6,8-9,17H2,1-2H3,(H,18,20). The van der Waals surface area contributed by atoms with Crippen LogP contribution in [-0.2, 0) is 9.53 Å². The number of likely N-dealkylation sites (tertiary alicyclic amines) is 1. The number of hydrogen-bond donors (Lipinski definition) is 2. The third-order valence-electron chi connectivity index (χ3n) is 3.92. The van der Waals surface area contributed by atoms with E-state index in [1.807, 2.05) is 6.92 Å². The number of nitrogens with one attached hydrogen (secondary N) is 1. The maximum absolute atomic E-state index is 13.0. The molecule has 1 aliphatic heterocycles. The number of ether oxygens (including phenoxy) is 1. The molecule has 1 aromatic carbocycles. The van der Waals surface area contributed by atoms with Crippen LogP contribution in [0.3, 0.4) is 0 Å². The Labute approximate surface area is 124 Å². The molecule has 116 valence electrons. The largest absolute Gasteiger partial charge is 0.397 e. The number of amides is 1. The number of nitrogens with zero attached hydrogens (tertiary/aromatic N) is 1. The minimum atomic E-state index is -0.416. The molecule has 5 nitrogen and oxygen atoms in total. The van der Waals surface area contributed by atoms with Gasteiger partial charge in [0.15, 0.2) is 0 Å². The maximum Gasteiger partial charge on any atom is 0.241 e. The van der Waals surface area contributed by atoms with E-state index in [2.05, 4.69) is 10.2 Å². The van der Waals surface area contributed by atoms with Gasteiger partial charge in [-0.1, -0.05) is 0 Å². The van der Waals surface area contributed by atoms with E-state index in [1.54, 1.807) is 7.11 Å². The lowest BCUT2D eigenvalue weighted by molar-refractivity contribution is -0.120. The van der Waals surface area contributed by atoms with Gasteiger partial charge in [-0.05, 0) is 44.0 Å². The van der Waals surface area contributed by atoms with E-state index in [0.29, 0.717) is 11.6 Å². The molecule has 0 spiro atoms. The van der Waals surface area contributed by atoms with Gasteiger partial charge in [0, 0.05) is 13.7 Å². The highest BCUT2D eigenvalue weighted by molar-refractivity contribution is 5.97. The van der Waals surface area contributed by atoms with E-state index < -0.39 is 5.82 Å². The summed E-state index contributed by atoms with van der Waals surface area (Å²) in [6.07, 6.45) is 1.03. The topological polar surface area (TPSA) is 67.6 Å². The highest BCUT2D eigenvalue weighted by Gasteiger charge is 2.29. The lowest BCUT2D eigenvalue weighted by atomic mass is 10.1. The number of methoxy groups -OCH3 is 1. The molecule has 0 aromatic heterocycles. The number of rotatable bonds is 5. The molecule has 1 aliphatic rings. The average molecular weight is 295 g/mol. The second-order valence-electron chi connectivity index (χ2n) is 5.50. The third-order valence-corrected chi connectivity index (χ3v) is 3.92. The van der Waals surface area contributed by atoms with Gasteiger partial charge in [0.25, 0.3) is 0 Å². The van der Waals surface area contributed by atoms with Crippen molar-refractivity contribution in [1.82, 2.24) is 4.90 Å². The van der Waals surface area contributed by atoms with E-state index in [4.69, 9.17) is 10.5 Å². The lowest BCUT2D eigenvalue weighted by Gasteiger charge is -2.23. The number of carbonyl (C=O) groups is 1. The van der Waals surface area contributed by atoms with Gasteiger partial charge >= 0.3 is 0 Å². The molecule has 21 heavy (non-hydrogen) atoms. The average Bonchev–Trinajstić information content (AvgIpc) is 2.90. The van der Waals surface area contributed by atoms with Crippen molar-refractivity contribution in [1.29, 1.82) is 0 Å². The van der Waals surface area contributed by atoms with E-state index in [0.717, 1.165) is 26.1 Å². The molecular formula is C15H22FN3O2. The monoisotopic (exact) mass is 295 g/mol. The maximum atomic E-state index is 13.0. The quantitative estimate of drug-likeness (QED) is 0.811. The van der Waals surface area contributed by atoms with E-state index >= 15 is 0 Å². The molecule has 3 N–H and O–H groups in total. The number of nitrogens with two attached hydrogens (primary N) is 1. The molecule has 1 aromatic rings. The Balaban J connectivity index is 1.94. The van der Waals surface area contributed by atoms with Crippen molar-refractivity contribution >= 4 is 17.3 Å². The Morgan fingerprint density at radius 1 is 1.62 bits per heavy atom. The Kier molecular flexibility index (Phi) is 5.14. The molecule has 1 saturated heterocycles. The second kappa shape index (κ2) is 6.87. The summed E-state index contributed by atoms with van der Waals surface area (Å²) < 4.78 is 18.1. The summed E-state index contributed by atoms with van der Waals surface area (Å²) in [6, 6.07) is 3.70. The van der Waals surface area contributed by atoms with Crippen molar-refractivity contribution in [2.75, 3.05) is 37.9 Å². The van der Waals surface area contributed by atoms with Crippen LogP contribution in [0.2, 0.25) is 0 Å². The van der Waals surface area contributed by atoms with Crippen molar-refractivity contribution in [3.63, 3.8) is 0 Å². The summed E-state index contributed by atoms with van der Waals surface area (Å²) in [7, 11) is 1.69. The lowest BCUT2D eigenvalue weighted by Crippen LogP contribution is -2.41. The van der Waals surface area contributed by atoms with E-state index in [9.17, 15) is 9.18 Å². The number of carbonyl (C=O) groups excluding carboxylic acids is 1. The number of anilines is 2. The molecule has 0 saturated carbocycles. The van der Waals surface area contributed by atoms with Gasteiger partial charge in [0.2, 0.25) is 5.91 Å². The molecule has 0 bridgehead atoms. The van der Waals surface area contributed by atoms with Crippen LogP contribution in [0.25, 0.3) is 0 Å². The van der Waals surface area contributed by atoms with Gasteiger partial charge in [0.05, 0.1) is 24.0 Å². The molecule has 2 unspecified atom stereocenters. The SMILES string of the molecule is COCC1CCN(C(C)C(=O)Nc2ccc(F)cc2N)C1. The number of benzene rings is 1. The smallest absolute Gasteiger partial charge is 0.241 e. The highest BCUT2D eigenvalue weighted by atomic mass is 19.1. The molecule has 0 aliphatic carbocycles. The molecule has 2 atom stereocenters. The summed E-state index contributed by atoms with van der Waals surface area (Å²) in [4.78, 5) is 14.4. The van der Waals surface area contributed by atoms with Crippen LogP contribution in [0.15, 0.2) is 18.2 Å². The van der Waals surface area contributed by atoms with Crippen LogP contribution in [0, 0.1) is 11.7 Å². The predicted molar refractivity (Wildman–Crippen MR) is 80.5 cm³/mol. The Hall–Kier alpha value is -1.66. The summed E-state index contributed by atoms with van der Waals surface area (Å²) in [6.45, 7) is 4.31. The minimum Gasteiger partial charge on any atom is -0.397 e. The number of nitrogen functional groups attached to an aromatic ring is 1. The zero-order chi connectivity index (χ0) is 15.4. The Morgan fingerprint density at radius 2 is 2.38 bits per heavy atom. The molecule has 1 fully saturated rings. The number of hydrogen-bond acceptors (Lipinski definition) is 4. The first-order chi connectivity index (χ1) is 10.0. The van der Waals surface area contributed by atoms with Crippen LogP contribution in [0.4, 0.5) is 15.8 Å². The predicted octanol–water partition coefficient (Wildman–Crippen LogP) is 1.70. The van der Waals surface area contributed by atoms with Gasteiger partial charge in [-0.2, -0.15) is 0 Å². The normalized spacial score (nSPS) is 20.4. The van der Waals surface area contributed by atoms with Gasteiger partial charge in [-0.25, -0.2) is 4.39 Å². The molecule has 1 heterocycles. The number of halogens is 1. The van der Waals surface area contributed by atoms with Crippen LogP contribution in [-0.4, -0.2) is 43.7 Å². The molecule has 6 heteroatoms. The van der Waals surface area contributed by atoms with Crippen LogP contribution >= 0.6 is 0 Å². The van der Waals surface area contributed by atoms with Gasteiger partial charge < -0.3 is 15.8 Å². The first-order valence-corrected chi connectivity index (χ1v) is 7.10. The first-order valence-electron chi connectivity index (χ1n) is 7.10. The fourth-order valence-electron chi connectivity index (χ4n) is 2.64. The van der Waals surface area contributed by atoms with Crippen molar-refractivity contribution in [3.05, 3.63) is 24.0 Å². The molecular weight excluding hydrogens is 273 g/mol. The zero-order valence-corrected chi connectivity index (χ0v) is 12.4. The molecule has 0 radical (unpaired) electrons. The highest BCUT2D eigenvalue weighted by Crippen LogP contribution is 2.22. The summed E-state index contributed by atoms with van der Waals surface area (Å²) in [5, 5.41) is 2.76. The van der Waals surface area contributed by atoms with Gasteiger partial charge in [0.1, 0.15) is 5.82 Å². The van der Waals surface area contributed by atoms with Crippen LogP contribution in [0.5, 0.6) is 0 Å². The Bertz CT molecular complexity index is 510. The minimum absolute atomic E-state index is 0.133. The van der Waals surface area contributed by atoms with Crippen LogP contribution < -0.4 is 11.1 Å². The van der Waals surface area contributed by atoms with E-state index in [-0.39, 0.29) is 17.6 Å². The van der Waals surface area contributed by atoms with Crippen molar-refractivity contribution < 1.29 is 13.9 Å². The van der Waals surface area contributed by atoms with Crippen molar-refractivity contribution in [2.24, 2.45) is 5.92 Å². The second-order valence-corrected chi connectivity index (χ2v) is 5.50. The zero-order valence-electron chi connectivity index (χ0n) is 12.4. The van der Waals surface area contributed by atoms with Gasteiger partial charge in [-0.3, -0.25) is 9.69 Å². The van der Waals surface area contributed by atoms with Crippen molar-refractivity contribution in [2.45, 2.75) is 19.4 Å². The summed E-state index contributed by atoms with van der Waals surface area (Å²) in [5.74, 6) is -0.0759. The van der Waals surface area contributed by atoms with Crippen LogP contribution in [0.1, 0.15) is 13.3 Å². The fraction of sp³-hybridized carbons (Fsp3) is 0.533. The fourth-order valence-corrected chi connectivity index (χ4v) is 2.64. The third kappa shape index (κ3) is 3.92. The van der Waals surface area contributed by atoms with Gasteiger partial charge in [-0.15, -0.1) is 0 Å².